The molecule has 0 aliphatic rings. The topological polar surface area (TPSA) is 30.2 Å². The third-order valence-corrected chi connectivity index (χ3v) is 1.38. The van der Waals surface area contributed by atoms with Crippen LogP contribution in [0.15, 0.2) is 24.8 Å². The standard InChI is InChI=1S/C7H7N3.CH4/c1-6-4-10-5-8-3-2-7(10)9-6;/h2-5H,1H3;1H4. The van der Waals surface area contributed by atoms with Crippen LogP contribution < -0.4 is 0 Å². The van der Waals surface area contributed by atoms with Crippen LogP contribution in [0.4, 0.5) is 0 Å². The lowest BCUT2D eigenvalue weighted by Gasteiger charge is -1.85. The maximum Gasteiger partial charge on any atom is 0.139 e. The molecule has 0 atom stereocenters. The molecule has 2 heterocycles. The largest absolute Gasteiger partial charge is 0.290 e. The minimum Gasteiger partial charge on any atom is -0.290 e. The molecule has 0 saturated heterocycles. The van der Waals surface area contributed by atoms with Crippen molar-refractivity contribution in [3.8, 4) is 0 Å². The van der Waals surface area contributed by atoms with Gasteiger partial charge in [-0.2, -0.15) is 0 Å². The second-order valence-electron chi connectivity index (χ2n) is 2.23. The Morgan fingerprint density at radius 3 is 3.00 bits per heavy atom. The third-order valence-electron chi connectivity index (χ3n) is 1.38. The summed E-state index contributed by atoms with van der Waals surface area (Å²) in [4.78, 5) is 8.19. The van der Waals surface area contributed by atoms with Crippen LogP contribution in [0.25, 0.3) is 5.65 Å². The van der Waals surface area contributed by atoms with E-state index >= 15 is 0 Å². The average molecular weight is 149 g/mol. The monoisotopic (exact) mass is 149 g/mol. The Morgan fingerprint density at radius 2 is 2.27 bits per heavy atom. The normalized spacial score (nSPS) is 9.55. The van der Waals surface area contributed by atoms with Gasteiger partial charge < -0.3 is 0 Å². The van der Waals surface area contributed by atoms with Crippen molar-refractivity contribution in [1.82, 2.24) is 14.4 Å². The van der Waals surface area contributed by atoms with Crippen molar-refractivity contribution in [3.05, 3.63) is 30.5 Å². The van der Waals surface area contributed by atoms with Crippen LogP contribution in [-0.4, -0.2) is 14.4 Å². The van der Waals surface area contributed by atoms with Crippen molar-refractivity contribution in [2.75, 3.05) is 0 Å². The van der Waals surface area contributed by atoms with Gasteiger partial charge >= 0.3 is 0 Å². The van der Waals surface area contributed by atoms with Crippen LogP contribution in [0.5, 0.6) is 0 Å². The summed E-state index contributed by atoms with van der Waals surface area (Å²) >= 11 is 0. The molecule has 0 spiro atoms. The zero-order valence-corrected chi connectivity index (χ0v) is 5.65. The molecule has 58 valence electrons. The fourth-order valence-corrected chi connectivity index (χ4v) is 0.971. The zero-order chi connectivity index (χ0) is 6.97. The smallest absolute Gasteiger partial charge is 0.139 e. The maximum atomic E-state index is 4.24. The molecule has 2 rings (SSSR count). The first kappa shape index (κ1) is 7.72. The van der Waals surface area contributed by atoms with Crippen LogP contribution in [0.2, 0.25) is 0 Å². The van der Waals surface area contributed by atoms with Gasteiger partial charge in [0.25, 0.3) is 0 Å². The number of aromatic nitrogens is 3. The van der Waals surface area contributed by atoms with Crippen molar-refractivity contribution >= 4 is 5.65 Å². The second kappa shape index (κ2) is 2.70. The van der Waals surface area contributed by atoms with Gasteiger partial charge in [0.1, 0.15) is 12.0 Å². The summed E-state index contributed by atoms with van der Waals surface area (Å²) in [5.74, 6) is 0. The van der Waals surface area contributed by atoms with Crippen molar-refractivity contribution < 1.29 is 0 Å². The van der Waals surface area contributed by atoms with Crippen LogP contribution in [0.1, 0.15) is 13.1 Å². The maximum absolute atomic E-state index is 4.24. The first-order valence-electron chi connectivity index (χ1n) is 3.11. The fraction of sp³-hybridized carbons (Fsp3) is 0.250. The van der Waals surface area contributed by atoms with E-state index in [4.69, 9.17) is 0 Å². The van der Waals surface area contributed by atoms with Gasteiger partial charge in [-0.05, 0) is 13.0 Å². The van der Waals surface area contributed by atoms with Gasteiger partial charge in [0.2, 0.25) is 0 Å². The number of imidazole rings is 1. The lowest BCUT2D eigenvalue weighted by Crippen LogP contribution is -1.81. The van der Waals surface area contributed by atoms with Crippen molar-refractivity contribution in [2.24, 2.45) is 0 Å². The SMILES string of the molecule is C.Cc1cn2cnccc2n1. The Labute approximate surface area is 65.7 Å². The molecule has 2 aromatic rings. The van der Waals surface area contributed by atoms with E-state index in [0.717, 1.165) is 11.3 Å². The highest BCUT2D eigenvalue weighted by Gasteiger charge is 1.92. The van der Waals surface area contributed by atoms with Crippen molar-refractivity contribution in [1.29, 1.82) is 0 Å². The van der Waals surface area contributed by atoms with Gasteiger partial charge in [0.05, 0.1) is 5.69 Å². The number of aryl methyl sites for hydroxylation is 1. The Balaban J connectivity index is 0.000000605. The second-order valence-corrected chi connectivity index (χ2v) is 2.23. The van der Waals surface area contributed by atoms with E-state index < -0.39 is 0 Å². The Morgan fingerprint density at radius 1 is 1.45 bits per heavy atom. The minimum atomic E-state index is 0. The highest BCUT2D eigenvalue weighted by Crippen LogP contribution is 2.00. The Kier molecular flexibility index (Phi) is 1.89. The van der Waals surface area contributed by atoms with Gasteiger partial charge in [-0.1, -0.05) is 7.43 Å². The first-order chi connectivity index (χ1) is 4.86. The Hall–Kier alpha value is -1.38. The number of hydrogen-bond donors (Lipinski definition) is 0. The average Bonchev–Trinajstić information content (AvgIpc) is 2.27. The quantitative estimate of drug-likeness (QED) is 0.570. The van der Waals surface area contributed by atoms with Crippen LogP contribution >= 0.6 is 0 Å². The molecule has 0 aliphatic heterocycles. The number of fused-ring (bicyclic) bond motifs is 1. The molecule has 0 fully saturated rings. The summed E-state index contributed by atoms with van der Waals surface area (Å²) < 4.78 is 1.90. The van der Waals surface area contributed by atoms with Gasteiger partial charge in [-0.15, -0.1) is 0 Å². The lowest BCUT2D eigenvalue weighted by molar-refractivity contribution is 1.09. The van der Waals surface area contributed by atoms with Gasteiger partial charge in [0.15, 0.2) is 0 Å². The van der Waals surface area contributed by atoms with Crippen molar-refractivity contribution in [2.45, 2.75) is 14.4 Å². The molecule has 2 aromatic heterocycles. The molecule has 3 nitrogen and oxygen atoms in total. The molecular formula is C8H11N3. The molecule has 0 aromatic carbocycles. The minimum absolute atomic E-state index is 0. The van der Waals surface area contributed by atoms with Gasteiger partial charge in [-0.25, -0.2) is 9.97 Å². The Bertz CT molecular complexity index is 318. The van der Waals surface area contributed by atoms with E-state index in [0.29, 0.717) is 0 Å². The summed E-state index contributed by atoms with van der Waals surface area (Å²) in [6.45, 7) is 1.97. The molecule has 0 radical (unpaired) electrons. The molecule has 0 saturated carbocycles. The molecular weight excluding hydrogens is 138 g/mol. The molecule has 0 N–H and O–H groups in total. The first-order valence-corrected chi connectivity index (χ1v) is 3.11. The molecule has 0 bridgehead atoms. The van der Waals surface area contributed by atoms with Crippen LogP contribution in [0, 0.1) is 6.92 Å². The summed E-state index contributed by atoms with van der Waals surface area (Å²) in [6, 6.07) is 1.88. The summed E-state index contributed by atoms with van der Waals surface area (Å²) in [5, 5.41) is 0. The van der Waals surface area contributed by atoms with E-state index in [1.807, 2.05) is 23.6 Å². The molecule has 0 aliphatic carbocycles. The van der Waals surface area contributed by atoms with E-state index in [9.17, 15) is 0 Å². The van der Waals surface area contributed by atoms with E-state index in [1.165, 1.54) is 0 Å². The number of rotatable bonds is 0. The number of nitrogens with zero attached hydrogens (tertiary/aromatic N) is 3. The molecule has 0 unspecified atom stereocenters. The van der Waals surface area contributed by atoms with E-state index in [1.54, 1.807) is 12.5 Å². The highest BCUT2D eigenvalue weighted by molar-refractivity contribution is 5.37. The van der Waals surface area contributed by atoms with Crippen molar-refractivity contribution in [3.63, 3.8) is 0 Å². The predicted octanol–water partition coefficient (Wildman–Crippen LogP) is 1.67. The predicted molar refractivity (Wildman–Crippen MR) is 44.5 cm³/mol. The van der Waals surface area contributed by atoms with E-state index in [2.05, 4.69) is 9.97 Å². The van der Waals surface area contributed by atoms with Crippen LogP contribution in [0.3, 0.4) is 0 Å². The summed E-state index contributed by atoms with van der Waals surface area (Å²) in [6.07, 6.45) is 5.43. The summed E-state index contributed by atoms with van der Waals surface area (Å²) in [7, 11) is 0. The molecule has 0 amide bonds. The fourth-order valence-electron chi connectivity index (χ4n) is 0.971. The highest BCUT2D eigenvalue weighted by atomic mass is 15.0. The number of hydrogen-bond acceptors (Lipinski definition) is 2. The third kappa shape index (κ3) is 1.22. The molecule has 11 heavy (non-hydrogen) atoms. The van der Waals surface area contributed by atoms with Crippen LogP contribution in [-0.2, 0) is 0 Å². The van der Waals surface area contributed by atoms with E-state index in [-0.39, 0.29) is 7.43 Å². The molecule has 3 heteroatoms. The zero-order valence-electron chi connectivity index (χ0n) is 5.65. The lowest BCUT2D eigenvalue weighted by atomic mass is 10.6. The summed E-state index contributed by atoms with van der Waals surface area (Å²) in [5.41, 5.74) is 1.97. The van der Waals surface area contributed by atoms with Gasteiger partial charge in [-0.3, -0.25) is 4.40 Å². The van der Waals surface area contributed by atoms with Gasteiger partial charge in [0, 0.05) is 12.4 Å².